The number of nitrogens with one attached hydrogen (secondary N) is 1. The standard InChI is InChI=1S/C19H20N2O4S/c1-26(24,25)17-10-3-2-9-16(17)18(22)20-15-8-6-7-14(13-15)19(23)21-11-4-5-12-21/h2-3,6-10,13H,4-5,11-12H2,1H3,(H,20,22). The Morgan fingerprint density at radius 2 is 1.69 bits per heavy atom. The van der Waals surface area contributed by atoms with Gasteiger partial charge in [-0.15, -0.1) is 0 Å². The van der Waals surface area contributed by atoms with Crippen LogP contribution in [0.5, 0.6) is 0 Å². The zero-order valence-corrected chi connectivity index (χ0v) is 15.3. The van der Waals surface area contributed by atoms with E-state index in [1.165, 1.54) is 12.1 Å². The van der Waals surface area contributed by atoms with Crippen molar-refractivity contribution in [3.05, 3.63) is 59.7 Å². The van der Waals surface area contributed by atoms with Gasteiger partial charge < -0.3 is 10.2 Å². The Labute approximate surface area is 152 Å². The Balaban J connectivity index is 1.83. The number of likely N-dealkylation sites (tertiary alicyclic amines) is 1. The van der Waals surface area contributed by atoms with Crippen LogP contribution in [0.25, 0.3) is 0 Å². The number of rotatable bonds is 4. The van der Waals surface area contributed by atoms with Crippen LogP contribution in [0.1, 0.15) is 33.6 Å². The van der Waals surface area contributed by atoms with E-state index in [0.29, 0.717) is 11.3 Å². The molecule has 1 saturated heterocycles. The summed E-state index contributed by atoms with van der Waals surface area (Å²) < 4.78 is 23.7. The van der Waals surface area contributed by atoms with E-state index in [9.17, 15) is 18.0 Å². The molecule has 0 radical (unpaired) electrons. The first-order chi connectivity index (χ1) is 12.4. The van der Waals surface area contributed by atoms with Crippen LogP contribution in [0, 0.1) is 0 Å². The maximum Gasteiger partial charge on any atom is 0.256 e. The molecule has 1 aliphatic rings. The van der Waals surface area contributed by atoms with Crippen molar-refractivity contribution >= 4 is 27.3 Å². The Kier molecular flexibility index (Phi) is 5.08. The molecule has 0 bridgehead atoms. The van der Waals surface area contributed by atoms with Gasteiger partial charge in [0.15, 0.2) is 9.84 Å². The maximum atomic E-state index is 12.5. The highest BCUT2D eigenvalue weighted by molar-refractivity contribution is 7.90. The van der Waals surface area contributed by atoms with Gasteiger partial charge in [-0.05, 0) is 43.2 Å². The summed E-state index contributed by atoms with van der Waals surface area (Å²) in [6.07, 6.45) is 3.07. The number of amides is 2. The number of nitrogens with zero attached hydrogens (tertiary/aromatic N) is 1. The van der Waals surface area contributed by atoms with E-state index in [-0.39, 0.29) is 16.4 Å². The molecule has 2 aromatic rings. The summed E-state index contributed by atoms with van der Waals surface area (Å²) in [5.41, 5.74) is 1.02. The third kappa shape index (κ3) is 3.94. The Hall–Kier alpha value is -2.67. The Morgan fingerprint density at radius 3 is 2.38 bits per heavy atom. The molecular weight excluding hydrogens is 352 g/mol. The van der Waals surface area contributed by atoms with Crippen molar-refractivity contribution in [3.63, 3.8) is 0 Å². The molecule has 2 aromatic carbocycles. The van der Waals surface area contributed by atoms with Crippen molar-refractivity contribution in [1.29, 1.82) is 0 Å². The van der Waals surface area contributed by atoms with Crippen LogP contribution in [-0.4, -0.2) is 44.5 Å². The van der Waals surface area contributed by atoms with Gasteiger partial charge in [-0.2, -0.15) is 0 Å². The van der Waals surface area contributed by atoms with Crippen LogP contribution in [-0.2, 0) is 9.84 Å². The molecule has 1 heterocycles. The summed E-state index contributed by atoms with van der Waals surface area (Å²) >= 11 is 0. The molecule has 26 heavy (non-hydrogen) atoms. The Bertz CT molecular complexity index is 948. The van der Waals surface area contributed by atoms with Gasteiger partial charge in [0.25, 0.3) is 11.8 Å². The number of carbonyl (C=O) groups excluding carboxylic acids is 2. The highest BCUT2D eigenvalue weighted by Gasteiger charge is 2.21. The van der Waals surface area contributed by atoms with Crippen molar-refractivity contribution in [2.24, 2.45) is 0 Å². The van der Waals surface area contributed by atoms with Gasteiger partial charge in [0.2, 0.25) is 0 Å². The van der Waals surface area contributed by atoms with Gasteiger partial charge in [0.05, 0.1) is 10.5 Å². The first kappa shape index (κ1) is 18.1. The largest absolute Gasteiger partial charge is 0.339 e. The third-order valence-corrected chi connectivity index (χ3v) is 5.45. The summed E-state index contributed by atoms with van der Waals surface area (Å²) in [5, 5.41) is 2.68. The number of anilines is 1. The van der Waals surface area contributed by atoms with Crippen LogP contribution < -0.4 is 5.32 Å². The monoisotopic (exact) mass is 372 g/mol. The molecule has 0 atom stereocenters. The number of hydrogen-bond acceptors (Lipinski definition) is 4. The molecule has 0 spiro atoms. The molecule has 0 aromatic heterocycles. The molecule has 1 N–H and O–H groups in total. The van der Waals surface area contributed by atoms with Crippen LogP contribution in [0.3, 0.4) is 0 Å². The summed E-state index contributed by atoms with van der Waals surface area (Å²) in [6, 6.07) is 12.7. The first-order valence-electron chi connectivity index (χ1n) is 8.36. The Morgan fingerprint density at radius 1 is 1.00 bits per heavy atom. The lowest BCUT2D eigenvalue weighted by Gasteiger charge is -2.16. The highest BCUT2D eigenvalue weighted by Crippen LogP contribution is 2.19. The van der Waals surface area contributed by atoms with Gasteiger partial charge in [-0.3, -0.25) is 9.59 Å². The summed E-state index contributed by atoms with van der Waals surface area (Å²) in [6.45, 7) is 1.49. The lowest BCUT2D eigenvalue weighted by atomic mass is 10.1. The lowest BCUT2D eigenvalue weighted by molar-refractivity contribution is 0.0792. The average molecular weight is 372 g/mol. The minimum atomic E-state index is -3.53. The first-order valence-corrected chi connectivity index (χ1v) is 10.3. The minimum absolute atomic E-state index is 0.0261. The minimum Gasteiger partial charge on any atom is -0.339 e. The topological polar surface area (TPSA) is 83.5 Å². The molecule has 136 valence electrons. The van der Waals surface area contributed by atoms with Crippen molar-refractivity contribution < 1.29 is 18.0 Å². The second-order valence-corrected chi connectivity index (χ2v) is 8.29. The molecule has 6 nitrogen and oxygen atoms in total. The summed E-state index contributed by atoms with van der Waals surface area (Å²) in [7, 11) is -3.53. The van der Waals surface area contributed by atoms with E-state index >= 15 is 0 Å². The van der Waals surface area contributed by atoms with Gasteiger partial charge in [-0.1, -0.05) is 18.2 Å². The number of benzene rings is 2. The zero-order valence-electron chi connectivity index (χ0n) is 14.4. The van der Waals surface area contributed by atoms with Gasteiger partial charge >= 0.3 is 0 Å². The predicted octanol–water partition coefficient (Wildman–Crippen LogP) is 2.58. The average Bonchev–Trinajstić information content (AvgIpc) is 3.15. The van der Waals surface area contributed by atoms with Gasteiger partial charge in [0, 0.05) is 30.6 Å². The summed E-state index contributed by atoms with van der Waals surface area (Å²) in [5.74, 6) is -0.591. The number of sulfone groups is 1. The van der Waals surface area contributed by atoms with Crippen molar-refractivity contribution in [1.82, 2.24) is 4.90 Å². The molecule has 0 aliphatic carbocycles. The maximum absolute atomic E-state index is 12.5. The van der Waals surface area contributed by atoms with E-state index in [4.69, 9.17) is 0 Å². The zero-order chi connectivity index (χ0) is 18.7. The van der Waals surface area contributed by atoms with E-state index < -0.39 is 15.7 Å². The smallest absolute Gasteiger partial charge is 0.256 e. The molecule has 1 aliphatic heterocycles. The van der Waals surface area contributed by atoms with Crippen LogP contribution in [0.15, 0.2) is 53.4 Å². The fraction of sp³-hybridized carbons (Fsp3) is 0.263. The predicted molar refractivity (Wildman–Crippen MR) is 99.1 cm³/mol. The quantitative estimate of drug-likeness (QED) is 0.894. The van der Waals surface area contributed by atoms with Crippen molar-refractivity contribution in [3.8, 4) is 0 Å². The van der Waals surface area contributed by atoms with E-state index in [2.05, 4.69) is 5.32 Å². The lowest BCUT2D eigenvalue weighted by Crippen LogP contribution is -2.27. The molecule has 3 rings (SSSR count). The van der Waals surface area contributed by atoms with Crippen molar-refractivity contribution in [2.45, 2.75) is 17.7 Å². The molecule has 7 heteroatoms. The normalized spacial score (nSPS) is 14.3. The number of carbonyl (C=O) groups is 2. The highest BCUT2D eigenvalue weighted by atomic mass is 32.2. The van der Waals surface area contributed by atoms with Crippen LogP contribution >= 0.6 is 0 Å². The van der Waals surface area contributed by atoms with Crippen LogP contribution in [0.4, 0.5) is 5.69 Å². The fourth-order valence-electron chi connectivity index (χ4n) is 3.01. The van der Waals surface area contributed by atoms with Gasteiger partial charge in [-0.25, -0.2) is 8.42 Å². The van der Waals surface area contributed by atoms with E-state index in [1.54, 1.807) is 41.3 Å². The van der Waals surface area contributed by atoms with Crippen LogP contribution in [0.2, 0.25) is 0 Å². The van der Waals surface area contributed by atoms with E-state index in [0.717, 1.165) is 32.2 Å². The second kappa shape index (κ2) is 7.29. The summed E-state index contributed by atoms with van der Waals surface area (Å²) in [4.78, 5) is 26.8. The molecular formula is C19H20N2O4S. The van der Waals surface area contributed by atoms with Crippen molar-refractivity contribution in [2.75, 3.05) is 24.7 Å². The van der Waals surface area contributed by atoms with Gasteiger partial charge in [0.1, 0.15) is 0 Å². The fourth-order valence-corrected chi connectivity index (χ4v) is 3.89. The molecule has 1 fully saturated rings. The SMILES string of the molecule is CS(=O)(=O)c1ccccc1C(=O)Nc1cccc(C(=O)N2CCCC2)c1. The van der Waals surface area contributed by atoms with E-state index in [1.807, 2.05) is 0 Å². The second-order valence-electron chi connectivity index (χ2n) is 6.30. The molecule has 0 saturated carbocycles. The number of hydrogen-bond donors (Lipinski definition) is 1. The molecule has 0 unspecified atom stereocenters. The molecule has 2 amide bonds. The third-order valence-electron chi connectivity index (χ3n) is 4.29.